The van der Waals surface area contributed by atoms with E-state index in [0.717, 1.165) is 16.0 Å². The maximum atomic E-state index is 13.3. The molecule has 6 nitrogen and oxygen atoms in total. The Balaban J connectivity index is 1.66. The largest absolute Gasteiger partial charge is 0.445 e. The molecule has 0 fully saturated rings. The molecular weight excluding hydrogens is 484 g/mol. The fourth-order valence-electron chi connectivity index (χ4n) is 3.75. The molecule has 37 heavy (non-hydrogen) atoms. The molecule has 0 saturated heterocycles. The quantitative estimate of drug-likeness (QED) is 0.295. The second kappa shape index (κ2) is 14.9. The van der Waals surface area contributed by atoms with E-state index in [1.54, 1.807) is 0 Å². The first kappa shape index (κ1) is 28.0. The highest BCUT2D eigenvalue weighted by molar-refractivity contribution is 8.00. The number of hydrogen-bond acceptors (Lipinski definition) is 5. The monoisotopic (exact) mass is 518 g/mol. The van der Waals surface area contributed by atoms with Crippen molar-refractivity contribution in [2.75, 3.05) is 5.75 Å². The van der Waals surface area contributed by atoms with Gasteiger partial charge in [-0.25, -0.2) is 4.79 Å². The minimum atomic E-state index is -0.823. The van der Waals surface area contributed by atoms with Crippen LogP contribution in [0, 0.1) is 5.92 Å². The summed E-state index contributed by atoms with van der Waals surface area (Å²) in [5.41, 5.74) is 1.80. The molecule has 0 aliphatic rings. The number of ketones is 1. The summed E-state index contributed by atoms with van der Waals surface area (Å²) in [6.07, 6.45) is 0.112. The van der Waals surface area contributed by atoms with Crippen molar-refractivity contribution in [1.29, 1.82) is 0 Å². The molecule has 2 unspecified atom stereocenters. The summed E-state index contributed by atoms with van der Waals surface area (Å²) in [4.78, 5) is 40.0. The smallest absolute Gasteiger partial charge is 0.408 e. The van der Waals surface area contributed by atoms with Crippen LogP contribution < -0.4 is 10.6 Å². The molecule has 3 aromatic carbocycles. The van der Waals surface area contributed by atoms with Crippen molar-refractivity contribution in [1.82, 2.24) is 10.6 Å². The van der Waals surface area contributed by atoms with Crippen LogP contribution in [0.2, 0.25) is 0 Å². The van der Waals surface area contributed by atoms with Crippen LogP contribution >= 0.6 is 11.8 Å². The SMILES string of the molecule is CC(C)CC(NC(=O)OCc1ccccc1)C(=O)NC(Cc1ccccc1)C(=O)CSc1ccccc1. The van der Waals surface area contributed by atoms with Crippen LogP contribution in [0.15, 0.2) is 95.9 Å². The van der Waals surface area contributed by atoms with Gasteiger partial charge in [0, 0.05) is 4.90 Å². The molecule has 2 atom stereocenters. The molecule has 194 valence electrons. The van der Waals surface area contributed by atoms with Gasteiger partial charge in [-0.1, -0.05) is 92.7 Å². The normalized spacial score (nSPS) is 12.4. The third kappa shape index (κ3) is 10.1. The molecule has 3 aromatic rings. The predicted octanol–water partition coefficient (Wildman–Crippen LogP) is 5.42. The number of benzene rings is 3. The number of hydrogen-bond donors (Lipinski definition) is 2. The fraction of sp³-hybridized carbons (Fsp3) is 0.300. The summed E-state index contributed by atoms with van der Waals surface area (Å²) in [6, 6.07) is 27.1. The van der Waals surface area contributed by atoms with E-state index < -0.39 is 24.1 Å². The predicted molar refractivity (Wildman–Crippen MR) is 147 cm³/mol. The van der Waals surface area contributed by atoms with E-state index in [4.69, 9.17) is 4.74 Å². The third-order valence-electron chi connectivity index (χ3n) is 5.64. The summed E-state index contributed by atoms with van der Waals surface area (Å²) in [6.45, 7) is 4.05. The summed E-state index contributed by atoms with van der Waals surface area (Å²) < 4.78 is 5.33. The lowest BCUT2D eigenvalue weighted by Crippen LogP contribution is -2.53. The maximum absolute atomic E-state index is 13.3. The van der Waals surface area contributed by atoms with Crippen molar-refractivity contribution in [3.05, 3.63) is 102 Å². The number of thioether (sulfide) groups is 1. The standard InChI is InChI=1S/C30H34N2O4S/c1-22(2)18-27(32-30(35)36-20-24-14-8-4-9-15-24)29(34)31-26(19-23-12-6-3-7-13-23)28(33)21-37-25-16-10-5-11-17-25/h3-17,22,26-27H,18-21H2,1-2H3,(H,31,34)(H,32,35). The Kier molecular flexibility index (Phi) is 11.2. The second-order valence-corrected chi connectivity index (χ2v) is 10.3. The van der Waals surface area contributed by atoms with Crippen molar-refractivity contribution in [3.8, 4) is 0 Å². The molecule has 7 heteroatoms. The van der Waals surface area contributed by atoms with E-state index in [-0.39, 0.29) is 24.1 Å². The van der Waals surface area contributed by atoms with Crippen LogP contribution in [0.25, 0.3) is 0 Å². The highest BCUT2D eigenvalue weighted by Gasteiger charge is 2.28. The Hall–Kier alpha value is -3.58. The lowest BCUT2D eigenvalue weighted by Gasteiger charge is -2.24. The molecule has 0 aliphatic carbocycles. The molecule has 2 N–H and O–H groups in total. The van der Waals surface area contributed by atoms with E-state index in [9.17, 15) is 14.4 Å². The maximum Gasteiger partial charge on any atom is 0.408 e. The zero-order chi connectivity index (χ0) is 26.5. The first-order valence-corrected chi connectivity index (χ1v) is 13.4. The highest BCUT2D eigenvalue weighted by Crippen LogP contribution is 2.18. The number of Topliss-reactive ketones (excluding diaryl/α,β-unsaturated/α-hetero) is 1. The van der Waals surface area contributed by atoms with Crippen LogP contribution in [0.5, 0.6) is 0 Å². The highest BCUT2D eigenvalue weighted by atomic mass is 32.2. The lowest BCUT2D eigenvalue weighted by molar-refractivity contribution is -0.128. The van der Waals surface area contributed by atoms with Crippen LogP contribution in [0.1, 0.15) is 31.4 Å². The van der Waals surface area contributed by atoms with Gasteiger partial charge in [-0.3, -0.25) is 9.59 Å². The Bertz CT molecular complexity index is 1120. The van der Waals surface area contributed by atoms with Crippen LogP contribution in [-0.4, -0.2) is 35.6 Å². The van der Waals surface area contributed by atoms with E-state index >= 15 is 0 Å². The van der Waals surface area contributed by atoms with Gasteiger partial charge in [0.15, 0.2) is 5.78 Å². The minimum absolute atomic E-state index is 0.0824. The topological polar surface area (TPSA) is 84.5 Å². The van der Waals surface area contributed by atoms with Gasteiger partial charge in [-0.2, -0.15) is 0 Å². The second-order valence-electron chi connectivity index (χ2n) is 9.21. The molecule has 0 aliphatic heterocycles. The molecule has 0 bridgehead atoms. The third-order valence-corrected chi connectivity index (χ3v) is 6.67. The first-order chi connectivity index (χ1) is 17.9. The Labute approximate surface area is 223 Å². The van der Waals surface area contributed by atoms with Crippen LogP contribution in [-0.2, 0) is 27.4 Å². The van der Waals surface area contributed by atoms with Gasteiger partial charge in [0.25, 0.3) is 0 Å². The van der Waals surface area contributed by atoms with Crippen molar-refractivity contribution in [2.24, 2.45) is 5.92 Å². The van der Waals surface area contributed by atoms with Gasteiger partial charge < -0.3 is 15.4 Å². The van der Waals surface area contributed by atoms with Gasteiger partial charge in [-0.05, 0) is 42.0 Å². The summed E-state index contributed by atoms with van der Waals surface area (Å²) >= 11 is 1.44. The van der Waals surface area contributed by atoms with Gasteiger partial charge >= 0.3 is 6.09 Å². The van der Waals surface area contributed by atoms with Gasteiger partial charge in [0.2, 0.25) is 5.91 Å². The van der Waals surface area contributed by atoms with Crippen molar-refractivity contribution < 1.29 is 19.1 Å². The summed E-state index contributed by atoms with van der Waals surface area (Å²) in [7, 11) is 0. The molecule has 0 heterocycles. The molecular formula is C30H34N2O4S. The lowest BCUT2D eigenvalue weighted by atomic mass is 10.00. The molecule has 0 aromatic heterocycles. The van der Waals surface area contributed by atoms with Crippen molar-refractivity contribution in [3.63, 3.8) is 0 Å². The fourth-order valence-corrected chi connectivity index (χ4v) is 4.61. The number of carbonyl (C=O) groups is 3. The number of carbonyl (C=O) groups excluding carboxylic acids is 3. The summed E-state index contributed by atoms with van der Waals surface area (Å²) in [5, 5.41) is 5.61. The summed E-state index contributed by atoms with van der Waals surface area (Å²) in [5.74, 6) is -0.115. The molecule has 0 saturated carbocycles. The Morgan fingerprint density at radius 1 is 0.757 bits per heavy atom. The number of alkyl carbamates (subject to hydrolysis) is 1. The number of rotatable bonds is 13. The van der Waals surface area contributed by atoms with E-state index in [1.807, 2.05) is 105 Å². The van der Waals surface area contributed by atoms with Crippen molar-refractivity contribution >= 4 is 29.5 Å². The molecule has 0 spiro atoms. The van der Waals surface area contributed by atoms with Gasteiger partial charge in [0.1, 0.15) is 12.6 Å². The number of amides is 2. The Morgan fingerprint density at radius 3 is 1.92 bits per heavy atom. The number of nitrogens with one attached hydrogen (secondary N) is 2. The Morgan fingerprint density at radius 2 is 1.32 bits per heavy atom. The minimum Gasteiger partial charge on any atom is -0.445 e. The zero-order valence-corrected chi connectivity index (χ0v) is 22.1. The van der Waals surface area contributed by atoms with Crippen molar-refractivity contribution in [2.45, 2.75) is 50.3 Å². The van der Waals surface area contributed by atoms with E-state index in [2.05, 4.69) is 10.6 Å². The zero-order valence-electron chi connectivity index (χ0n) is 21.3. The first-order valence-electron chi connectivity index (χ1n) is 12.4. The van der Waals surface area contributed by atoms with E-state index in [0.29, 0.717) is 12.8 Å². The average Bonchev–Trinajstić information content (AvgIpc) is 2.91. The molecule has 2 amide bonds. The van der Waals surface area contributed by atoms with Crippen LogP contribution in [0.3, 0.4) is 0 Å². The van der Waals surface area contributed by atoms with E-state index in [1.165, 1.54) is 11.8 Å². The molecule has 0 radical (unpaired) electrons. The average molecular weight is 519 g/mol. The molecule has 3 rings (SSSR count). The van der Waals surface area contributed by atoms with Crippen LogP contribution in [0.4, 0.5) is 4.79 Å². The van der Waals surface area contributed by atoms with Gasteiger partial charge in [-0.15, -0.1) is 11.8 Å². The van der Waals surface area contributed by atoms with Gasteiger partial charge in [0.05, 0.1) is 11.8 Å². The number of ether oxygens (including phenoxy) is 1.